The standard InChI is InChI=1S/C12H16N4O2/c1-2-16-12(13)10(6-14-16)15-9-4-3-8(7-17)5-11(9)18/h3-6,15,17-18H,2,7,13H2,1H3. The Hall–Kier alpha value is -2.21. The highest BCUT2D eigenvalue weighted by Crippen LogP contribution is 2.30. The number of phenolic OH excluding ortho intramolecular Hbond substituents is 1. The van der Waals surface area contributed by atoms with Crippen LogP contribution in [0.5, 0.6) is 5.75 Å². The Morgan fingerprint density at radius 3 is 2.72 bits per heavy atom. The number of hydrogen-bond donors (Lipinski definition) is 4. The first kappa shape index (κ1) is 12.3. The van der Waals surface area contributed by atoms with Crippen molar-refractivity contribution in [1.82, 2.24) is 9.78 Å². The molecule has 96 valence electrons. The van der Waals surface area contributed by atoms with Crippen molar-refractivity contribution in [1.29, 1.82) is 0 Å². The molecule has 0 spiro atoms. The number of hydrogen-bond acceptors (Lipinski definition) is 5. The van der Waals surface area contributed by atoms with Crippen molar-refractivity contribution in [3.8, 4) is 5.75 Å². The van der Waals surface area contributed by atoms with Crippen LogP contribution in [-0.4, -0.2) is 20.0 Å². The third kappa shape index (κ3) is 2.23. The van der Waals surface area contributed by atoms with Gasteiger partial charge >= 0.3 is 0 Å². The summed E-state index contributed by atoms with van der Waals surface area (Å²) in [5.41, 5.74) is 7.70. The Kier molecular flexibility index (Phi) is 3.38. The zero-order valence-corrected chi connectivity index (χ0v) is 10.1. The van der Waals surface area contributed by atoms with Gasteiger partial charge in [-0.15, -0.1) is 0 Å². The van der Waals surface area contributed by atoms with E-state index in [-0.39, 0.29) is 12.4 Å². The van der Waals surface area contributed by atoms with Crippen LogP contribution in [0.15, 0.2) is 24.4 Å². The zero-order valence-electron chi connectivity index (χ0n) is 10.1. The van der Waals surface area contributed by atoms with Crippen LogP contribution in [0.25, 0.3) is 0 Å². The summed E-state index contributed by atoms with van der Waals surface area (Å²) >= 11 is 0. The highest BCUT2D eigenvalue weighted by atomic mass is 16.3. The maximum absolute atomic E-state index is 9.80. The Morgan fingerprint density at radius 1 is 1.39 bits per heavy atom. The van der Waals surface area contributed by atoms with Gasteiger partial charge in [-0.1, -0.05) is 6.07 Å². The molecule has 1 heterocycles. The molecule has 6 heteroatoms. The lowest BCUT2D eigenvalue weighted by Crippen LogP contribution is -2.03. The van der Waals surface area contributed by atoms with Gasteiger partial charge in [0.25, 0.3) is 0 Å². The number of aliphatic hydroxyl groups excluding tert-OH is 1. The molecule has 18 heavy (non-hydrogen) atoms. The van der Waals surface area contributed by atoms with Gasteiger partial charge in [-0.25, -0.2) is 4.68 Å². The van der Waals surface area contributed by atoms with Gasteiger partial charge in [0.05, 0.1) is 18.5 Å². The number of nitrogens with one attached hydrogen (secondary N) is 1. The maximum atomic E-state index is 9.80. The monoisotopic (exact) mass is 248 g/mol. The second-order valence-corrected chi connectivity index (χ2v) is 3.89. The number of aryl methyl sites for hydroxylation is 1. The van der Waals surface area contributed by atoms with Crippen molar-refractivity contribution in [3.63, 3.8) is 0 Å². The predicted molar refractivity (Wildman–Crippen MR) is 69.6 cm³/mol. The molecule has 1 aromatic carbocycles. The van der Waals surface area contributed by atoms with E-state index in [0.717, 1.165) is 0 Å². The summed E-state index contributed by atoms with van der Waals surface area (Å²) in [6.45, 7) is 2.52. The summed E-state index contributed by atoms with van der Waals surface area (Å²) in [5.74, 6) is 0.577. The minimum absolute atomic E-state index is 0.0604. The molecule has 0 aliphatic heterocycles. The molecule has 0 aliphatic rings. The molecule has 0 aliphatic carbocycles. The van der Waals surface area contributed by atoms with Crippen molar-refractivity contribution in [2.45, 2.75) is 20.1 Å². The minimum Gasteiger partial charge on any atom is -0.506 e. The summed E-state index contributed by atoms with van der Waals surface area (Å²) < 4.78 is 1.65. The highest BCUT2D eigenvalue weighted by molar-refractivity contribution is 5.72. The van der Waals surface area contributed by atoms with Crippen molar-refractivity contribution in [3.05, 3.63) is 30.0 Å². The number of benzene rings is 1. The molecule has 6 nitrogen and oxygen atoms in total. The van der Waals surface area contributed by atoms with E-state index in [0.29, 0.717) is 29.3 Å². The molecular formula is C12H16N4O2. The van der Waals surface area contributed by atoms with E-state index >= 15 is 0 Å². The van der Waals surface area contributed by atoms with Crippen LogP contribution in [0.1, 0.15) is 12.5 Å². The Morgan fingerprint density at radius 2 is 2.17 bits per heavy atom. The van der Waals surface area contributed by atoms with E-state index in [1.54, 1.807) is 23.0 Å². The van der Waals surface area contributed by atoms with Crippen LogP contribution < -0.4 is 11.1 Å². The fourth-order valence-corrected chi connectivity index (χ4v) is 1.67. The number of aromatic nitrogens is 2. The molecule has 0 saturated carbocycles. The lowest BCUT2D eigenvalue weighted by molar-refractivity contribution is 0.281. The number of aromatic hydroxyl groups is 1. The molecule has 1 aromatic heterocycles. The number of phenols is 1. The molecule has 0 unspecified atom stereocenters. The third-order valence-corrected chi connectivity index (χ3v) is 2.69. The SMILES string of the molecule is CCn1ncc(Nc2ccc(CO)cc2O)c1N. The van der Waals surface area contributed by atoms with Gasteiger partial charge in [0.2, 0.25) is 0 Å². The molecule has 5 N–H and O–H groups in total. The first-order chi connectivity index (χ1) is 8.65. The fraction of sp³-hybridized carbons (Fsp3) is 0.250. The summed E-state index contributed by atoms with van der Waals surface area (Å²) in [4.78, 5) is 0. The van der Waals surface area contributed by atoms with E-state index < -0.39 is 0 Å². The molecule has 0 atom stereocenters. The fourth-order valence-electron chi connectivity index (χ4n) is 1.67. The number of nitrogen functional groups attached to an aromatic ring is 1. The van der Waals surface area contributed by atoms with E-state index in [2.05, 4.69) is 10.4 Å². The molecular weight excluding hydrogens is 232 g/mol. The van der Waals surface area contributed by atoms with E-state index in [9.17, 15) is 5.11 Å². The minimum atomic E-state index is -0.107. The second-order valence-electron chi connectivity index (χ2n) is 3.89. The normalized spacial score (nSPS) is 10.6. The summed E-state index contributed by atoms with van der Waals surface area (Å²) in [6.07, 6.45) is 1.61. The molecule has 2 aromatic rings. The summed E-state index contributed by atoms with van der Waals surface area (Å²) in [5, 5.41) is 25.9. The predicted octanol–water partition coefficient (Wildman–Crippen LogP) is 1.43. The van der Waals surface area contributed by atoms with Crippen molar-refractivity contribution < 1.29 is 10.2 Å². The molecule has 0 saturated heterocycles. The van der Waals surface area contributed by atoms with Crippen LogP contribution in [-0.2, 0) is 13.2 Å². The van der Waals surface area contributed by atoms with Gasteiger partial charge in [-0.3, -0.25) is 0 Å². The lowest BCUT2D eigenvalue weighted by Gasteiger charge is -2.09. The summed E-state index contributed by atoms with van der Waals surface area (Å²) in [7, 11) is 0. The van der Waals surface area contributed by atoms with Crippen LogP contribution in [0, 0.1) is 0 Å². The number of nitrogens with zero attached hydrogens (tertiary/aromatic N) is 2. The first-order valence-corrected chi connectivity index (χ1v) is 5.66. The molecule has 2 rings (SSSR count). The van der Waals surface area contributed by atoms with Gasteiger partial charge in [0.1, 0.15) is 17.3 Å². The van der Waals surface area contributed by atoms with E-state index in [1.807, 2.05) is 6.92 Å². The molecule has 0 radical (unpaired) electrons. The number of aliphatic hydroxyl groups is 1. The van der Waals surface area contributed by atoms with E-state index in [4.69, 9.17) is 10.8 Å². The Labute approximate surface area is 105 Å². The van der Waals surface area contributed by atoms with Gasteiger partial charge in [0.15, 0.2) is 0 Å². The quantitative estimate of drug-likeness (QED) is 0.614. The topological polar surface area (TPSA) is 96.3 Å². The van der Waals surface area contributed by atoms with Crippen molar-refractivity contribution in [2.75, 3.05) is 11.1 Å². The lowest BCUT2D eigenvalue weighted by atomic mass is 10.2. The number of rotatable bonds is 4. The van der Waals surface area contributed by atoms with Crippen LogP contribution in [0.3, 0.4) is 0 Å². The smallest absolute Gasteiger partial charge is 0.145 e. The van der Waals surface area contributed by atoms with E-state index in [1.165, 1.54) is 6.07 Å². The first-order valence-electron chi connectivity index (χ1n) is 5.66. The molecule has 0 amide bonds. The van der Waals surface area contributed by atoms with Crippen LogP contribution in [0.4, 0.5) is 17.2 Å². The van der Waals surface area contributed by atoms with Crippen molar-refractivity contribution >= 4 is 17.2 Å². The van der Waals surface area contributed by atoms with Crippen molar-refractivity contribution in [2.24, 2.45) is 0 Å². The Bertz CT molecular complexity index is 551. The zero-order chi connectivity index (χ0) is 13.1. The summed E-state index contributed by atoms with van der Waals surface area (Å²) in [6, 6.07) is 4.91. The van der Waals surface area contributed by atoms with Crippen LogP contribution in [0.2, 0.25) is 0 Å². The van der Waals surface area contributed by atoms with Crippen LogP contribution >= 0.6 is 0 Å². The molecule has 0 bridgehead atoms. The Balaban J connectivity index is 2.25. The maximum Gasteiger partial charge on any atom is 0.145 e. The number of nitrogens with two attached hydrogens (primary N) is 1. The van der Waals surface area contributed by atoms with Gasteiger partial charge in [-0.05, 0) is 24.6 Å². The molecule has 0 fully saturated rings. The van der Waals surface area contributed by atoms with Gasteiger partial charge in [-0.2, -0.15) is 5.10 Å². The highest BCUT2D eigenvalue weighted by Gasteiger charge is 2.08. The second kappa shape index (κ2) is 4.97. The average Bonchev–Trinajstić information content (AvgIpc) is 2.73. The average molecular weight is 248 g/mol. The van der Waals surface area contributed by atoms with Gasteiger partial charge < -0.3 is 21.3 Å². The number of anilines is 3. The van der Waals surface area contributed by atoms with Gasteiger partial charge in [0, 0.05) is 6.54 Å². The largest absolute Gasteiger partial charge is 0.506 e. The third-order valence-electron chi connectivity index (χ3n) is 2.69.